The van der Waals surface area contributed by atoms with Crippen LogP contribution in [-0.4, -0.2) is 17.5 Å². The van der Waals surface area contributed by atoms with Crippen molar-refractivity contribution in [2.45, 2.75) is 26.2 Å². The molecule has 0 saturated carbocycles. The first-order valence-corrected chi connectivity index (χ1v) is 10.6. The Kier molecular flexibility index (Phi) is 6.23. The number of anilines is 1. The van der Waals surface area contributed by atoms with Crippen molar-refractivity contribution in [1.29, 1.82) is 0 Å². The molecule has 0 bridgehead atoms. The average Bonchev–Trinajstić information content (AvgIpc) is 3.22. The number of carbonyl (C=O) groups excluding carboxylic acids is 1. The Labute approximate surface area is 186 Å². The standard InChI is InChI=1S/C25H23ClN2O3/c1-3-16(2)18-6-13-23-22(14-18)28-25(31-23)17-4-9-20(10-5-17)27-24(29)15-30-21-11-7-19(26)8-12-21/h4-14,16H,3,15H2,1-2H3,(H,27,29)/t16-/m0/s1. The summed E-state index contributed by atoms with van der Waals surface area (Å²) >= 11 is 5.84. The molecule has 4 rings (SSSR count). The van der Waals surface area contributed by atoms with Crippen LogP contribution >= 0.6 is 11.6 Å². The summed E-state index contributed by atoms with van der Waals surface area (Å²) in [6, 6.07) is 20.4. The number of oxazole rings is 1. The minimum atomic E-state index is -0.248. The second-order valence-corrected chi connectivity index (χ2v) is 7.86. The van der Waals surface area contributed by atoms with Crippen LogP contribution in [0, 0.1) is 0 Å². The van der Waals surface area contributed by atoms with E-state index >= 15 is 0 Å². The molecule has 0 spiro atoms. The van der Waals surface area contributed by atoms with Crippen LogP contribution in [0.1, 0.15) is 31.7 Å². The number of amides is 1. The highest BCUT2D eigenvalue weighted by Crippen LogP contribution is 2.28. The van der Waals surface area contributed by atoms with Crippen LogP contribution in [0.25, 0.3) is 22.6 Å². The lowest BCUT2D eigenvalue weighted by Crippen LogP contribution is -2.20. The second-order valence-electron chi connectivity index (χ2n) is 7.42. The summed E-state index contributed by atoms with van der Waals surface area (Å²) in [5.41, 5.74) is 4.39. The third-order valence-electron chi connectivity index (χ3n) is 5.19. The smallest absolute Gasteiger partial charge is 0.262 e. The predicted octanol–water partition coefficient (Wildman–Crippen LogP) is 6.68. The predicted molar refractivity (Wildman–Crippen MR) is 124 cm³/mol. The van der Waals surface area contributed by atoms with Gasteiger partial charge in [0.2, 0.25) is 5.89 Å². The van der Waals surface area contributed by atoms with Crippen molar-refractivity contribution in [2.24, 2.45) is 0 Å². The van der Waals surface area contributed by atoms with Crippen molar-refractivity contribution in [3.8, 4) is 17.2 Å². The van der Waals surface area contributed by atoms with Gasteiger partial charge in [0.1, 0.15) is 11.3 Å². The zero-order valence-electron chi connectivity index (χ0n) is 17.4. The fourth-order valence-electron chi connectivity index (χ4n) is 3.18. The SMILES string of the molecule is CC[C@H](C)c1ccc2oc(-c3ccc(NC(=O)COc4ccc(Cl)cc4)cc3)nc2c1. The fourth-order valence-corrected chi connectivity index (χ4v) is 3.31. The van der Waals surface area contributed by atoms with Gasteiger partial charge in [0.15, 0.2) is 12.2 Å². The number of benzene rings is 3. The van der Waals surface area contributed by atoms with Crippen molar-refractivity contribution in [2.75, 3.05) is 11.9 Å². The van der Waals surface area contributed by atoms with Gasteiger partial charge in [-0.1, -0.05) is 31.5 Å². The summed E-state index contributed by atoms with van der Waals surface area (Å²) in [7, 11) is 0. The number of halogens is 1. The van der Waals surface area contributed by atoms with Crippen LogP contribution in [0.3, 0.4) is 0 Å². The van der Waals surface area contributed by atoms with Crippen molar-refractivity contribution >= 4 is 34.3 Å². The Morgan fingerprint density at radius 2 is 1.84 bits per heavy atom. The molecule has 0 unspecified atom stereocenters. The molecule has 0 fully saturated rings. The summed E-state index contributed by atoms with van der Waals surface area (Å²) in [6.07, 6.45) is 1.08. The van der Waals surface area contributed by atoms with E-state index in [0.29, 0.717) is 28.3 Å². The molecule has 1 amide bonds. The monoisotopic (exact) mass is 434 g/mol. The minimum absolute atomic E-state index is 0.0902. The number of nitrogens with zero attached hydrogens (tertiary/aromatic N) is 1. The van der Waals surface area contributed by atoms with Gasteiger partial charge in [0, 0.05) is 16.3 Å². The Balaban J connectivity index is 1.40. The highest BCUT2D eigenvalue weighted by molar-refractivity contribution is 6.30. The quantitative estimate of drug-likeness (QED) is 0.352. The van der Waals surface area contributed by atoms with Gasteiger partial charge in [-0.15, -0.1) is 0 Å². The summed E-state index contributed by atoms with van der Waals surface area (Å²) in [5, 5.41) is 3.43. The van der Waals surface area contributed by atoms with Gasteiger partial charge in [-0.2, -0.15) is 0 Å². The lowest BCUT2D eigenvalue weighted by atomic mass is 9.98. The Morgan fingerprint density at radius 1 is 1.10 bits per heavy atom. The number of hydrogen-bond acceptors (Lipinski definition) is 4. The fraction of sp³-hybridized carbons (Fsp3) is 0.200. The largest absolute Gasteiger partial charge is 0.484 e. The van der Waals surface area contributed by atoms with Gasteiger partial charge in [-0.05, 0) is 78.6 Å². The van der Waals surface area contributed by atoms with Gasteiger partial charge < -0.3 is 14.5 Å². The van der Waals surface area contributed by atoms with Gasteiger partial charge >= 0.3 is 0 Å². The number of ether oxygens (including phenoxy) is 1. The first kappa shape index (κ1) is 20.9. The number of hydrogen-bond donors (Lipinski definition) is 1. The maximum atomic E-state index is 12.1. The molecular weight excluding hydrogens is 412 g/mol. The molecule has 4 aromatic rings. The lowest BCUT2D eigenvalue weighted by Gasteiger charge is -2.08. The van der Waals surface area contributed by atoms with E-state index in [2.05, 4.69) is 36.3 Å². The van der Waals surface area contributed by atoms with E-state index in [-0.39, 0.29) is 12.5 Å². The highest BCUT2D eigenvalue weighted by atomic mass is 35.5. The Bertz CT molecular complexity index is 1180. The van der Waals surface area contributed by atoms with E-state index in [1.165, 1.54) is 5.56 Å². The van der Waals surface area contributed by atoms with Gasteiger partial charge in [-0.25, -0.2) is 4.98 Å². The summed E-state index contributed by atoms with van der Waals surface area (Å²) < 4.78 is 11.4. The molecule has 0 radical (unpaired) electrons. The summed E-state index contributed by atoms with van der Waals surface area (Å²) in [6.45, 7) is 4.29. The van der Waals surface area contributed by atoms with Crippen molar-refractivity contribution < 1.29 is 13.9 Å². The minimum Gasteiger partial charge on any atom is -0.484 e. The molecule has 0 saturated heterocycles. The second kappa shape index (κ2) is 9.23. The molecule has 0 aliphatic carbocycles. The van der Waals surface area contributed by atoms with Gasteiger partial charge in [-0.3, -0.25) is 4.79 Å². The first-order valence-electron chi connectivity index (χ1n) is 10.2. The maximum absolute atomic E-state index is 12.1. The molecule has 158 valence electrons. The Morgan fingerprint density at radius 3 is 2.55 bits per heavy atom. The van der Waals surface area contributed by atoms with Crippen LogP contribution in [0.4, 0.5) is 5.69 Å². The van der Waals surface area contributed by atoms with E-state index in [0.717, 1.165) is 23.1 Å². The van der Waals surface area contributed by atoms with Crippen molar-refractivity contribution in [3.05, 3.63) is 77.3 Å². The van der Waals surface area contributed by atoms with Crippen LogP contribution in [0.5, 0.6) is 5.75 Å². The normalized spacial score (nSPS) is 12.0. The number of rotatable bonds is 7. The topological polar surface area (TPSA) is 64.4 Å². The van der Waals surface area contributed by atoms with Crippen LogP contribution in [-0.2, 0) is 4.79 Å². The van der Waals surface area contributed by atoms with Gasteiger partial charge in [0.25, 0.3) is 5.91 Å². The molecule has 31 heavy (non-hydrogen) atoms. The zero-order chi connectivity index (χ0) is 21.8. The molecule has 0 aliphatic rings. The van der Waals surface area contributed by atoms with E-state index in [1.807, 2.05) is 30.3 Å². The Hall–Kier alpha value is -3.31. The van der Waals surface area contributed by atoms with Crippen LogP contribution in [0.2, 0.25) is 5.02 Å². The molecule has 1 heterocycles. The summed E-state index contributed by atoms with van der Waals surface area (Å²) in [4.78, 5) is 16.8. The van der Waals surface area contributed by atoms with Crippen molar-refractivity contribution in [1.82, 2.24) is 4.98 Å². The van der Waals surface area contributed by atoms with Gasteiger partial charge in [0.05, 0.1) is 0 Å². The van der Waals surface area contributed by atoms with E-state index in [1.54, 1.807) is 24.3 Å². The van der Waals surface area contributed by atoms with E-state index < -0.39 is 0 Å². The molecule has 1 aromatic heterocycles. The molecule has 6 heteroatoms. The summed E-state index contributed by atoms with van der Waals surface area (Å²) in [5.74, 6) is 1.38. The lowest BCUT2D eigenvalue weighted by molar-refractivity contribution is -0.118. The first-order chi connectivity index (χ1) is 15.0. The molecule has 1 N–H and O–H groups in total. The number of carbonyl (C=O) groups is 1. The molecule has 5 nitrogen and oxygen atoms in total. The zero-order valence-corrected chi connectivity index (χ0v) is 18.1. The molecular formula is C25H23ClN2O3. The molecule has 0 aliphatic heterocycles. The van der Waals surface area contributed by atoms with E-state index in [9.17, 15) is 4.79 Å². The number of aromatic nitrogens is 1. The van der Waals surface area contributed by atoms with E-state index in [4.69, 9.17) is 20.8 Å². The average molecular weight is 435 g/mol. The number of fused-ring (bicyclic) bond motifs is 1. The maximum Gasteiger partial charge on any atom is 0.262 e. The van der Waals surface area contributed by atoms with Crippen molar-refractivity contribution in [3.63, 3.8) is 0 Å². The van der Waals surface area contributed by atoms with Crippen LogP contribution in [0.15, 0.2) is 71.1 Å². The molecule has 3 aromatic carbocycles. The highest BCUT2D eigenvalue weighted by Gasteiger charge is 2.11. The third-order valence-corrected chi connectivity index (χ3v) is 5.44. The number of nitrogens with one attached hydrogen (secondary N) is 1. The molecule has 1 atom stereocenters. The van der Waals surface area contributed by atoms with Crippen LogP contribution < -0.4 is 10.1 Å². The third kappa shape index (κ3) is 5.06.